The van der Waals surface area contributed by atoms with Crippen LogP contribution in [-0.4, -0.2) is 32.6 Å². The molecule has 1 aromatic carbocycles. The number of primary sulfonamides is 1. The molecule has 1 saturated heterocycles. The Bertz CT molecular complexity index is 583. The molecule has 2 rings (SSSR count). The Morgan fingerprint density at radius 1 is 1.35 bits per heavy atom. The van der Waals surface area contributed by atoms with Crippen LogP contribution in [0.15, 0.2) is 29.2 Å². The molecule has 0 amide bonds. The van der Waals surface area contributed by atoms with Gasteiger partial charge in [0.05, 0.1) is 4.90 Å². The molecule has 0 spiro atoms. The zero-order chi connectivity index (χ0) is 14.8. The molecule has 1 aliphatic rings. The number of hydrogen-bond donors (Lipinski definition) is 2. The zero-order valence-electron chi connectivity index (χ0n) is 11.0. The molecule has 0 bridgehead atoms. The summed E-state index contributed by atoms with van der Waals surface area (Å²) in [6, 6.07) is 6.38. The first-order valence-electron chi connectivity index (χ1n) is 6.46. The van der Waals surface area contributed by atoms with Gasteiger partial charge in [-0.3, -0.25) is 4.79 Å². The predicted molar refractivity (Wildman–Crippen MR) is 75.0 cm³/mol. The van der Waals surface area contributed by atoms with Gasteiger partial charge in [0.15, 0.2) is 0 Å². The summed E-state index contributed by atoms with van der Waals surface area (Å²) in [7, 11) is -3.67. The number of anilines is 1. The van der Waals surface area contributed by atoms with Crippen LogP contribution in [0, 0.1) is 5.92 Å². The quantitative estimate of drug-likeness (QED) is 0.864. The van der Waals surface area contributed by atoms with Crippen molar-refractivity contribution in [3.8, 4) is 0 Å². The van der Waals surface area contributed by atoms with Gasteiger partial charge in [-0.2, -0.15) is 0 Å². The van der Waals surface area contributed by atoms with Gasteiger partial charge in [-0.1, -0.05) is 0 Å². The summed E-state index contributed by atoms with van der Waals surface area (Å²) in [5.74, 6) is -0.638. The monoisotopic (exact) mass is 298 g/mol. The van der Waals surface area contributed by atoms with E-state index in [1.165, 1.54) is 12.1 Å². The van der Waals surface area contributed by atoms with Crippen LogP contribution in [0.25, 0.3) is 0 Å². The number of rotatable bonds is 4. The third kappa shape index (κ3) is 3.71. The molecule has 1 heterocycles. The fourth-order valence-corrected chi connectivity index (χ4v) is 3.08. The number of piperidine rings is 1. The Morgan fingerprint density at radius 2 is 2.00 bits per heavy atom. The van der Waals surface area contributed by atoms with Gasteiger partial charge in [-0.15, -0.1) is 0 Å². The smallest absolute Gasteiger partial charge is 0.303 e. The first-order valence-corrected chi connectivity index (χ1v) is 8.00. The molecule has 3 N–H and O–H groups in total. The van der Waals surface area contributed by atoms with Gasteiger partial charge in [-0.25, -0.2) is 13.6 Å². The minimum Gasteiger partial charge on any atom is -0.481 e. The third-order valence-corrected chi connectivity index (χ3v) is 4.44. The van der Waals surface area contributed by atoms with E-state index in [4.69, 9.17) is 10.2 Å². The maximum Gasteiger partial charge on any atom is 0.303 e. The molecule has 1 aromatic rings. The lowest BCUT2D eigenvalue weighted by Crippen LogP contribution is -2.36. The van der Waals surface area contributed by atoms with Crippen molar-refractivity contribution in [3.05, 3.63) is 24.3 Å². The van der Waals surface area contributed by atoms with E-state index in [2.05, 4.69) is 4.90 Å². The van der Waals surface area contributed by atoms with Gasteiger partial charge < -0.3 is 10.0 Å². The second-order valence-electron chi connectivity index (χ2n) is 5.09. The van der Waals surface area contributed by atoms with Gasteiger partial charge >= 0.3 is 5.97 Å². The lowest BCUT2D eigenvalue weighted by molar-refractivity contribution is -0.138. The van der Waals surface area contributed by atoms with Crippen molar-refractivity contribution in [3.63, 3.8) is 0 Å². The first kappa shape index (κ1) is 14.8. The molecule has 1 fully saturated rings. The highest BCUT2D eigenvalue weighted by Crippen LogP contribution is 2.25. The molecule has 6 nitrogen and oxygen atoms in total. The van der Waals surface area contributed by atoms with Crippen LogP contribution >= 0.6 is 0 Å². The minimum absolute atomic E-state index is 0.0837. The SMILES string of the molecule is NS(=O)(=O)c1ccc(N2CCCC(CC(=O)O)C2)cc1. The van der Waals surface area contributed by atoms with E-state index >= 15 is 0 Å². The van der Waals surface area contributed by atoms with Gasteiger partial charge in [0, 0.05) is 25.2 Å². The zero-order valence-corrected chi connectivity index (χ0v) is 11.8. The highest BCUT2D eigenvalue weighted by atomic mass is 32.2. The van der Waals surface area contributed by atoms with Crippen molar-refractivity contribution in [1.82, 2.24) is 0 Å². The highest BCUT2D eigenvalue weighted by molar-refractivity contribution is 7.89. The molecule has 7 heteroatoms. The minimum atomic E-state index is -3.67. The van der Waals surface area contributed by atoms with E-state index < -0.39 is 16.0 Å². The summed E-state index contributed by atoms with van der Waals surface area (Å²) in [6.45, 7) is 1.53. The summed E-state index contributed by atoms with van der Waals surface area (Å²) in [6.07, 6.45) is 2.03. The summed E-state index contributed by atoms with van der Waals surface area (Å²) >= 11 is 0. The summed E-state index contributed by atoms with van der Waals surface area (Å²) < 4.78 is 22.4. The van der Waals surface area contributed by atoms with Gasteiger partial charge in [0.25, 0.3) is 0 Å². The maximum atomic E-state index is 11.2. The van der Waals surface area contributed by atoms with E-state index in [9.17, 15) is 13.2 Å². The molecular weight excluding hydrogens is 280 g/mol. The van der Waals surface area contributed by atoms with Crippen molar-refractivity contribution in [2.45, 2.75) is 24.2 Å². The van der Waals surface area contributed by atoms with Crippen LogP contribution < -0.4 is 10.0 Å². The predicted octanol–water partition coefficient (Wildman–Crippen LogP) is 1.03. The second-order valence-corrected chi connectivity index (χ2v) is 6.65. The molecule has 1 unspecified atom stereocenters. The van der Waals surface area contributed by atoms with Crippen LogP contribution in [0.1, 0.15) is 19.3 Å². The molecule has 0 aliphatic carbocycles. The Labute approximate surface area is 118 Å². The first-order chi connectivity index (χ1) is 9.36. The molecule has 20 heavy (non-hydrogen) atoms. The van der Waals surface area contributed by atoms with Crippen molar-refractivity contribution < 1.29 is 18.3 Å². The average Bonchev–Trinajstić information content (AvgIpc) is 2.37. The number of carboxylic acid groups (broad SMARTS) is 1. The van der Waals surface area contributed by atoms with Crippen LogP contribution in [0.2, 0.25) is 0 Å². The van der Waals surface area contributed by atoms with Crippen LogP contribution in [0.3, 0.4) is 0 Å². The van der Waals surface area contributed by atoms with Crippen LogP contribution in [0.4, 0.5) is 5.69 Å². The van der Waals surface area contributed by atoms with Crippen molar-refractivity contribution in [2.75, 3.05) is 18.0 Å². The van der Waals surface area contributed by atoms with E-state index in [-0.39, 0.29) is 17.2 Å². The Balaban J connectivity index is 2.09. The Morgan fingerprint density at radius 3 is 2.55 bits per heavy atom. The normalized spacial score (nSPS) is 19.9. The molecular formula is C13H18N2O4S. The van der Waals surface area contributed by atoms with Crippen LogP contribution in [0.5, 0.6) is 0 Å². The molecule has 0 aromatic heterocycles. The number of carbonyl (C=O) groups is 1. The maximum absolute atomic E-state index is 11.2. The summed E-state index contributed by atoms with van der Waals surface area (Å²) in [5.41, 5.74) is 0.896. The van der Waals surface area contributed by atoms with E-state index in [0.717, 1.165) is 25.1 Å². The van der Waals surface area contributed by atoms with Gasteiger partial charge in [0.1, 0.15) is 0 Å². The van der Waals surface area contributed by atoms with E-state index in [1.54, 1.807) is 12.1 Å². The number of aliphatic carboxylic acids is 1. The largest absolute Gasteiger partial charge is 0.481 e. The number of benzene rings is 1. The highest BCUT2D eigenvalue weighted by Gasteiger charge is 2.22. The molecule has 0 radical (unpaired) electrons. The Hall–Kier alpha value is -1.60. The fraction of sp³-hybridized carbons (Fsp3) is 0.462. The second kappa shape index (κ2) is 5.80. The molecule has 0 saturated carbocycles. The number of nitrogens with zero attached hydrogens (tertiary/aromatic N) is 1. The third-order valence-electron chi connectivity index (χ3n) is 3.51. The standard InChI is InChI=1S/C13H18N2O4S/c14-20(18,19)12-5-3-11(4-6-12)15-7-1-2-10(9-15)8-13(16)17/h3-6,10H,1-2,7-9H2,(H,16,17)(H2,14,18,19). The fourth-order valence-electron chi connectivity index (χ4n) is 2.56. The van der Waals surface area contributed by atoms with Gasteiger partial charge in [-0.05, 0) is 43.0 Å². The van der Waals surface area contributed by atoms with E-state index in [0.29, 0.717) is 6.54 Å². The number of carboxylic acids is 1. The molecule has 110 valence electrons. The van der Waals surface area contributed by atoms with Crippen molar-refractivity contribution in [2.24, 2.45) is 11.1 Å². The summed E-state index contributed by atoms with van der Waals surface area (Å²) in [5, 5.41) is 13.9. The lowest BCUT2D eigenvalue weighted by atomic mass is 9.94. The number of nitrogens with two attached hydrogens (primary N) is 1. The summed E-state index contributed by atoms with van der Waals surface area (Å²) in [4.78, 5) is 12.9. The Kier molecular flexibility index (Phi) is 4.29. The average molecular weight is 298 g/mol. The van der Waals surface area contributed by atoms with Crippen molar-refractivity contribution >= 4 is 21.7 Å². The molecule has 1 atom stereocenters. The lowest BCUT2D eigenvalue weighted by Gasteiger charge is -2.33. The van der Waals surface area contributed by atoms with Crippen LogP contribution in [-0.2, 0) is 14.8 Å². The van der Waals surface area contributed by atoms with E-state index in [1.807, 2.05) is 0 Å². The molecule has 1 aliphatic heterocycles. The number of sulfonamides is 1. The van der Waals surface area contributed by atoms with Gasteiger partial charge in [0.2, 0.25) is 10.0 Å². The number of hydrogen-bond acceptors (Lipinski definition) is 4. The van der Waals surface area contributed by atoms with Crippen molar-refractivity contribution in [1.29, 1.82) is 0 Å². The topological polar surface area (TPSA) is 101 Å².